The van der Waals surface area contributed by atoms with Crippen LogP contribution in [0.4, 0.5) is 5.13 Å². The molecule has 114 valence electrons. The Morgan fingerprint density at radius 1 is 1.29 bits per heavy atom. The molecule has 0 fully saturated rings. The molecule has 21 heavy (non-hydrogen) atoms. The third-order valence-corrected chi connectivity index (χ3v) is 3.93. The van der Waals surface area contributed by atoms with Crippen LogP contribution < -0.4 is 10.9 Å². The molecule has 0 saturated carbocycles. The molecular formula is C15H22N4OS. The average Bonchev–Trinajstić information content (AvgIpc) is 2.89. The second-order valence-corrected chi connectivity index (χ2v) is 6.48. The van der Waals surface area contributed by atoms with Crippen molar-refractivity contribution in [2.45, 2.75) is 46.7 Å². The Hall–Kier alpha value is -1.69. The molecule has 0 spiro atoms. The largest absolute Gasteiger partial charge is 0.359 e. The molecule has 0 aliphatic rings. The van der Waals surface area contributed by atoms with E-state index in [0.29, 0.717) is 18.5 Å². The lowest BCUT2D eigenvalue weighted by Crippen LogP contribution is -2.24. The Balaban J connectivity index is 2.24. The first-order valence-corrected chi connectivity index (χ1v) is 8.18. The molecule has 2 aromatic heterocycles. The SMILES string of the molecule is CCC(C)Nc1nc(-c2ccc(=O)n(CC(C)C)n2)cs1. The van der Waals surface area contributed by atoms with Crippen molar-refractivity contribution in [3.8, 4) is 11.4 Å². The molecule has 0 aliphatic heterocycles. The van der Waals surface area contributed by atoms with Crippen LogP contribution in [-0.2, 0) is 6.54 Å². The summed E-state index contributed by atoms with van der Waals surface area (Å²) in [5.74, 6) is 0.378. The van der Waals surface area contributed by atoms with E-state index in [1.165, 1.54) is 4.68 Å². The van der Waals surface area contributed by atoms with Gasteiger partial charge in [0.05, 0.1) is 0 Å². The van der Waals surface area contributed by atoms with E-state index < -0.39 is 0 Å². The molecule has 1 N–H and O–H groups in total. The maximum atomic E-state index is 11.8. The topological polar surface area (TPSA) is 59.8 Å². The second-order valence-electron chi connectivity index (χ2n) is 5.62. The Bertz CT molecular complexity index is 647. The van der Waals surface area contributed by atoms with Crippen LogP contribution >= 0.6 is 11.3 Å². The molecule has 0 radical (unpaired) electrons. The maximum Gasteiger partial charge on any atom is 0.266 e. The highest BCUT2D eigenvalue weighted by atomic mass is 32.1. The summed E-state index contributed by atoms with van der Waals surface area (Å²) in [6.07, 6.45) is 1.05. The van der Waals surface area contributed by atoms with E-state index in [9.17, 15) is 4.79 Å². The predicted octanol–water partition coefficient (Wildman–Crippen LogP) is 3.23. The second kappa shape index (κ2) is 6.85. The first-order chi connectivity index (χ1) is 9.99. The molecule has 0 bridgehead atoms. The number of aromatic nitrogens is 3. The summed E-state index contributed by atoms with van der Waals surface area (Å²) in [7, 11) is 0. The van der Waals surface area contributed by atoms with Crippen LogP contribution in [0.5, 0.6) is 0 Å². The van der Waals surface area contributed by atoms with E-state index in [0.717, 1.165) is 22.9 Å². The van der Waals surface area contributed by atoms with Gasteiger partial charge in [-0.3, -0.25) is 4.79 Å². The Morgan fingerprint density at radius 2 is 2.05 bits per heavy atom. The molecule has 6 heteroatoms. The summed E-state index contributed by atoms with van der Waals surface area (Å²) in [6, 6.07) is 3.69. The lowest BCUT2D eigenvalue weighted by Gasteiger charge is -2.09. The number of nitrogens with one attached hydrogen (secondary N) is 1. The quantitative estimate of drug-likeness (QED) is 0.890. The lowest BCUT2D eigenvalue weighted by atomic mass is 10.2. The van der Waals surface area contributed by atoms with Crippen LogP contribution in [-0.4, -0.2) is 20.8 Å². The smallest absolute Gasteiger partial charge is 0.266 e. The third kappa shape index (κ3) is 4.14. The van der Waals surface area contributed by atoms with Crippen LogP contribution in [0.25, 0.3) is 11.4 Å². The number of hydrogen-bond acceptors (Lipinski definition) is 5. The van der Waals surface area contributed by atoms with E-state index in [4.69, 9.17) is 0 Å². The van der Waals surface area contributed by atoms with Crippen molar-refractivity contribution in [2.75, 3.05) is 5.32 Å². The first-order valence-electron chi connectivity index (χ1n) is 7.30. The normalized spacial score (nSPS) is 12.6. The van der Waals surface area contributed by atoms with Crippen molar-refractivity contribution in [2.24, 2.45) is 5.92 Å². The Morgan fingerprint density at radius 3 is 2.71 bits per heavy atom. The number of anilines is 1. The van der Waals surface area contributed by atoms with E-state index in [1.54, 1.807) is 23.5 Å². The van der Waals surface area contributed by atoms with Gasteiger partial charge >= 0.3 is 0 Å². The van der Waals surface area contributed by atoms with Crippen molar-refractivity contribution >= 4 is 16.5 Å². The van der Waals surface area contributed by atoms with Crippen LogP contribution in [0.2, 0.25) is 0 Å². The molecular weight excluding hydrogens is 284 g/mol. The van der Waals surface area contributed by atoms with Gasteiger partial charge < -0.3 is 5.32 Å². The highest BCUT2D eigenvalue weighted by Crippen LogP contribution is 2.23. The average molecular weight is 306 g/mol. The predicted molar refractivity (Wildman–Crippen MR) is 87.8 cm³/mol. The minimum Gasteiger partial charge on any atom is -0.359 e. The highest BCUT2D eigenvalue weighted by molar-refractivity contribution is 7.14. The number of hydrogen-bond donors (Lipinski definition) is 1. The number of thiazole rings is 1. The zero-order chi connectivity index (χ0) is 15.4. The van der Waals surface area contributed by atoms with E-state index in [2.05, 4.69) is 43.1 Å². The molecule has 2 aromatic rings. The summed E-state index contributed by atoms with van der Waals surface area (Å²) in [5, 5.41) is 10.6. The molecule has 0 saturated heterocycles. The van der Waals surface area contributed by atoms with Gasteiger partial charge in [0.2, 0.25) is 0 Å². The van der Waals surface area contributed by atoms with Gasteiger partial charge in [0.25, 0.3) is 5.56 Å². The molecule has 2 heterocycles. The summed E-state index contributed by atoms with van der Waals surface area (Å²) < 4.78 is 1.51. The first kappa shape index (κ1) is 15.7. The van der Waals surface area contributed by atoms with Gasteiger partial charge in [0.1, 0.15) is 11.4 Å². The van der Waals surface area contributed by atoms with Crippen LogP contribution in [0, 0.1) is 5.92 Å². The summed E-state index contributed by atoms with van der Waals surface area (Å²) in [4.78, 5) is 16.3. The standard InChI is InChI=1S/C15H22N4OS/c1-5-11(4)16-15-17-13(9-21-15)12-6-7-14(20)19(18-12)8-10(2)3/h6-7,9-11H,5,8H2,1-4H3,(H,16,17). The zero-order valence-electron chi connectivity index (χ0n) is 13.0. The van der Waals surface area contributed by atoms with Gasteiger partial charge in [-0.2, -0.15) is 5.10 Å². The van der Waals surface area contributed by atoms with Crippen LogP contribution in [0.15, 0.2) is 22.3 Å². The Kier molecular flexibility index (Phi) is 5.12. The fourth-order valence-corrected chi connectivity index (χ4v) is 2.65. The molecule has 0 aromatic carbocycles. The third-order valence-electron chi connectivity index (χ3n) is 3.15. The van der Waals surface area contributed by atoms with Gasteiger partial charge in [0.15, 0.2) is 5.13 Å². The van der Waals surface area contributed by atoms with Crippen molar-refractivity contribution in [1.29, 1.82) is 0 Å². The lowest BCUT2D eigenvalue weighted by molar-refractivity contribution is 0.465. The van der Waals surface area contributed by atoms with E-state index in [1.807, 2.05) is 5.38 Å². The van der Waals surface area contributed by atoms with Gasteiger partial charge in [-0.1, -0.05) is 20.8 Å². The Labute approximate surface area is 129 Å². The van der Waals surface area contributed by atoms with Crippen LogP contribution in [0.3, 0.4) is 0 Å². The van der Waals surface area contributed by atoms with Crippen LogP contribution in [0.1, 0.15) is 34.1 Å². The van der Waals surface area contributed by atoms with Gasteiger partial charge in [-0.25, -0.2) is 9.67 Å². The van der Waals surface area contributed by atoms with Crippen molar-refractivity contribution in [3.05, 3.63) is 27.9 Å². The summed E-state index contributed by atoms with van der Waals surface area (Å²) in [6.45, 7) is 9.02. The molecule has 2 rings (SSSR count). The number of nitrogens with zero attached hydrogens (tertiary/aromatic N) is 3. The number of rotatable bonds is 6. The molecule has 1 unspecified atom stereocenters. The monoisotopic (exact) mass is 306 g/mol. The van der Waals surface area contributed by atoms with E-state index in [-0.39, 0.29) is 5.56 Å². The molecule has 0 amide bonds. The van der Waals surface area contributed by atoms with Gasteiger partial charge in [0, 0.05) is 24.0 Å². The molecule has 0 aliphatic carbocycles. The van der Waals surface area contributed by atoms with Gasteiger partial charge in [-0.05, 0) is 25.3 Å². The molecule has 1 atom stereocenters. The summed E-state index contributed by atoms with van der Waals surface area (Å²) >= 11 is 1.56. The maximum absolute atomic E-state index is 11.8. The van der Waals surface area contributed by atoms with Crippen molar-refractivity contribution < 1.29 is 0 Å². The van der Waals surface area contributed by atoms with Gasteiger partial charge in [-0.15, -0.1) is 11.3 Å². The fourth-order valence-electron chi connectivity index (χ4n) is 1.83. The van der Waals surface area contributed by atoms with E-state index >= 15 is 0 Å². The van der Waals surface area contributed by atoms with Crippen molar-refractivity contribution in [1.82, 2.24) is 14.8 Å². The highest BCUT2D eigenvalue weighted by Gasteiger charge is 2.10. The zero-order valence-corrected chi connectivity index (χ0v) is 13.8. The molecule has 5 nitrogen and oxygen atoms in total. The van der Waals surface area contributed by atoms with Crippen molar-refractivity contribution in [3.63, 3.8) is 0 Å². The minimum atomic E-state index is -0.0689. The minimum absolute atomic E-state index is 0.0689. The fraction of sp³-hybridized carbons (Fsp3) is 0.533. The summed E-state index contributed by atoms with van der Waals surface area (Å²) in [5.41, 5.74) is 1.48.